The first-order chi connectivity index (χ1) is 14.5. The molecule has 1 saturated heterocycles. The monoisotopic (exact) mass is 411 g/mol. The van der Waals surface area contributed by atoms with Crippen LogP contribution < -0.4 is 5.56 Å². The van der Waals surface area contributed by atoms with Crippen molar-refractivity contribution in [2.24, 2.45) is 17.8 Å². The van der Waals surface area contributed by atoms with Crippen molar-refractivity contribution >= 4 is 11.5 Å². The van der Waals surface area contributed by atoms with E-state index in [-0.39, 0.29) is 42.0 Å². The molecular weight excluding hydrogens is 378 g/mol. The normalized spacial score (nSPS) is 30.7. The standard InChI is InChI=1S/C24H33N3O3/c1-25(2)24(30)21-18(14-28)20-13-27-19(22(21)26(20)12-15-8-9-15)11-10-17(23(27)29)16-6-4-3-5-7-16/h6,10-11,15,18,20-22,28H,3-5,7-9,12-14H2,1-2H3/t18-,20-,21+,22+/m0/s1. The molecule has 4 aliphatic rings. The lowest BCUT2D eigenvalue weighted by Gasteiger charge is -2.38. The predicted molar refractivity (Wildman–Crippen MR) is 116 cm³/mol. The molecular formula is C24H33N3O3. The van der Waals surface area contributed by atoms with E-state index < -0.39 is 0 Å². The van der Waals surface area contributed by atoms with Crippen molar-refractivity contribution in [3.63, 3.8) is 0 Å². The third kappa shape index (κ3) is 3.16. The fraction of sp³-hybridized carbons (Fsp3) is 0.667. The molecule has 1 aromatic heterocycles. The minimum absolute atomic E-state index is 0.0205. The number of pyridine rings is 1. The molecule has 162 valence electrons. The van der Waals surface area contributed by atoms with E-state index in [0.29, 0.717) is 12.5 Å². The van der Waals surface area contributed by atoms with Gasteiger partial charge in [-0.15, -0.1) is 0 Å². The number of carbonyl (C=O) groups excluding carboxylic acids is 1. The molecule has 4 atom stereocenters. The van der Waals surface area contributed by atoms with Crippen LogP contribution in [0.25, 0.3) is 5.57 Å². The van der Waals surface area contributed by atoms with Crippen LogP contribution in [0.2, 0.25) is 0 Å². The molecule has 0 spiro atoms. The van der Waals surface area contributed by atoms with Crippen LogP contribution in [0, 0.1) is 17.8 Å². The van der Waals surface area contributed by atoms with Crippen LogP contribution in [0.3, 0.4) is 0 Å². The van der Waals surface area contributed by atoms with Gasteiger partial charge in [-0.1, -0.05) is 6.08 Å². The van der Waals surface area contributed by atoms with E-state index in [0.717, 1.165) is 37.1 Å². The highest BCUT2D eigenvalue weighted by molar-refractivity contribution is 5.80. The summed E-state index contributed by atoms with van der Waals surface area (Å²) in [4.78, 5) is 30.8. The molecule has 1 saturated carbocycles. The number of rotatable bonds is 5. The maximum absolute atomic E-state index is 13.5. The van der Waals surface area contributed by atoms with Crippen molar-refractivity contribution in [2.45, 2.75) is 57.2 Å². The van der Waals surface area contributed by atoms with Crippen LogP contribution in [-0.2, 0) is 11.3 Å². The van der Waals surface area contributed by atoms with Gasteiger partial charge >= 0.3 is 0 Å². The number of carbonyl (C=O) groups is 1. The first-order valence-corrected chi connectivity index (χ1v) is 11.5. The number of hydrogen-bond donors (Lipinski definition) is 1. The number of amides is 1. The number of fused-ring (bicyclic) bond motifs is 4. The smallest absolute Gasteiger partial charge is 0.258 e. The Hall–Kier alpha value is -1.92. The lowest BCUT2D eigenvalue weighted by Crippen LogP contribution is -2.47. The van der Waals surface area contributed by atoms with Crippen LogP contribution in [0.4, 0.5) is 0 Å². The summed E-state index contributed by atoms with van der Waals surface area (Å²) in [5, 5.41) is 10.3. The Balaban J connectivity index is 1.60. The number of aliphatic hydroxyl groups is 1. The van der Waals surface area contributed by atoms with Crippen LogP contribution >= 0.6 is 0 Å². The van der Waals surface area contributed by atoms with Crippen molar-refractivity contribution in [2.75, 3.05) is 27.2 Å². The SMILES string of the molecule is CN(C)C(=O)[C@@H]1[C@@H](CO)[C@@H]2Cn3c(ccc(C4=CCCCC4)c3=O)[C@H]1N2CC1CC1. The maximum Gasteiger partial charge on any atom is 0.258 e. The Kier molecular flexibility index (Phi) is 5.10. The molecule has 2 aliphatic heterocycles. The second-order valence-corrected chi connectivity index (χ2v) is 9.82. The van der Waals surface area contributed by atoms with Crippen LogP contribution in [0.1, 0.15) is 55.8 Å². The van der Waals surface area contributed by atoms with Crippen LogP contribution in [0.15, 0.2) is 23.0 Å². The quantitative estimate of drug-likeness (QED) is 0.807. The summed E-state index contributed by atoms with van der Waals surface area (Å²) in [7, 11) is 3.58. The fourth-order valence-electron chi connectivity index (χ4n) is 5.98. The third-order valence-electron chi connectivity index (χ3n) is 7.70. The average Bonchev–Trinajstić information content (AvgIpc) is 3.53. The highest BCUT2D eigenvalue weighted by Crippen LogP contribution is 2.50. The van der Waals surface area contributed by atoms with E-state index in [4.69, 9.17) is 0 Å². The molecule has 6 nitrogen and oxygen atoms in total. The van der Waals surface area contributed by atoms with E-state index >= 15 is 0 Å². The largest absolute Gasteiger partial charge is 0.396 e. The van der Waals surface area contributed by atoms with Gasteiger partial charge in [0.15, 0.2) is 0 Å². The van der Waals surface area contributed by atoms with Gasteiger partial charge in [-0.05, 0) is 62.1 Å². The van der Waals surface area contributed by atoms with E-state index in [1.807, 2.05) is 10.6 Å². The highest BCUT2D eigenvalue weighted by Gasteiger charge is 2.56. The number of aromatic nitrogens is 1. The molecule has 1 aromatic rings. The lowest BCUT2D eigenvalue weighted by molar-refractivity contribution is -0.135. The predicted octanol–water partition coefficient (Wildman–Crippen LogP) is 2.27. The van der Waals surface area contributed by atoms with E-state index in [1.54, 1.807) is 19.0 Å². The van der Waals surface area contributed by atoms with E-state index in [2.05, 4.69) is 17.0 Å². The van der Waals surface area contributed by atoms with Crippen molar-refractivity contribution < 1.29 is 9.90 Å². The highest BCUT2D eigenvalue weighted by atomic mass is 16.3. The summed E-state index contributed by atoms with van der Waals surface area (Å²) in [5.74, 6) is 0.303. The number of hydrogen-bond acceptors (Lipinski definition) is 4. The summed E-state index contributed by atoms with van der Waals surface area (Å²) in [6.07, 6.45) is 9.05. The van der Waals surface area contributed by atoms with Crippen molar-refractivity contribution in [3.8, 4) is 0 Å². The Morgan fingerprint density at radius 2 is 2.03 bits per heavy atom. The average molecular weight is 412 g/mol. The van der Waals surface area contributed by atoms with Gasteiger partial charge in [0.05, 0.1) is 12.0 Å². The minimum atomic E-state index is -0.304. The molecule has 2 bridgehead atoms. The van der Waals surface area contributed by atoms with Gasteiger partial charge in [0.1, 0.15) is 0 Å². The molecule has 2 aliphatic carbocycles. The molecule has 0 unspecified atom stereocenters. The van der Waals surface area contributed by atoms with Crippen LogP contribution in [-0.4, -0.2) is 58.7 Å². The molecule has 0 aromatic carbocycles. The Labute approximate surface area is 178 Å². The zero-order valence-corrected chi connectivity index (χ0v) is 18.1. The van der Waals surface area contributed by atoms with Gasteiger partial charge in [-0.2, -0.15) is 0 Å². The maximum atomic E-state index is 13.5. The van der Waals surface area contributed by atoms with E-state index in [9.17, 15) is 14.7 Å². The summed E-state index contributed by atoms with van der Waals surface area (Å²) < 4.78 is 1.93. The molecule has 0 radical (unpaired) electrons. The number of allylic oxidation sites excluding steroid dienone is 2. The number of nitrogens with zero attached hydrogens (tertiary/aromatic N) is 3. The van der Waals surface area contributed by atoms with Crippen molar-refractivity contribution in [1.82, 2.24) is 14.4 Å². The summed E-state index contributed by atoms with van der Waals surface area (Å²) in [6, 6.07) is 3.99. The third-order valence-corrected chi connectivity index (χ3v) is 7.70. The molecule has 1 amide bonds. The first-order valence-electron chi connectivity index (χ1n) is 11.5. The molecule has 30 heavy (non-hydrogen) atoms. The molecule has 1 N–H and O–H groups in total. The molecule has 3 heterocycles. The van der Waals surface area contributed by atoms with Gasteiger partial charge in [-0.3, -0.25) is 14.5 Å². The van der Waals surface area contributed by atoms with E-state index in [1.165, 1.54) is 24.8 Å². The lowest BCUT2D eigenvalue weighted by atomic mass is 9.86. The molecule has 6 heteroatoms. The van der Waals surface area contributed by atoms with Gasteiger partial charge in [0.25, 0.3) is 5.56 Å². The summed E-state index contributed by atoms with van der Waals surface area (Å²) in [5.41, 5.74) is 3.03. The van der Waals surface area contributed by atoms with Gasteiger partial charge in [0.2, 0.25) is 5.91 Å². The second-order valence-electron chi connectivity index (χ2n) is 9.82. The van der Waals surface area contributed by atoms with Gasteiger partial charge in [0, 0.05) is 57.0 Å². The topological polar surface area (TPSA) is 65.8 Å². The fourth-order valence-corrected chi connectivity index (χ4v) is 5.98. The zero-order valence-electron chi connectivity index (χ0n) is 18.1. The van der Waals surface area contributed by atoms with Gasteiger partial charge in [-0.25, -0.2) is 0 Å². The minimum Gasteiger partial charge on any atom is -0.396 e. The Morgan fingerprint density at radius 1 is 1.23 bits per heavy atom. The van der Waals surface area contributed by atoms with Gasteiger partial charge < -0.3 is 14.6 Å². The first kappa shape index (κ1) is 20.0. The zero-order chi connectivity index (χ0) is 21.0. The Bertz CT molecular complexity index is 930. The summed E-state index contributed by atoms with van der Waals surface area (Å²) >= 11 is 0. The molecule has 5 rings (SSSR count). The molecule has 2 fully saturated rings. The number of aliphatic hydroxyl groups excluding tert-OH is 1. The van der Waals surface area contributed by atoms with Crippen LogP contribution in [0.5, 0.6) is 0 Å². The Morgan fingerprint density at radius 3 is 2.67 bits per heavy atom. The second kappa shape index (κ2) is 7.65. The summed E-state index contributed by atoms with van der Waals surface area (Å²) in [6.45, 7) is 1.51. The van der Waals surface area contributed by atoms with Crippen molar-refractivity contribution in [1.29, 1.82) is 0 Å². The van der Waals surface area contributed by atoms with Crippen molar-refractivity contribution in [3.05, 3.63) is 39.8 Å².